The molecule has 1 aliphatic rings. The molecule has 0 amide bonds. The average molecular weight is 737 g/mol. The molecular formula is C42H72O10. The van der Waals surface area contributed by atoms with Crippen LogP contribution in [0, 0.1) is 0 Å². The van der Waals surface area contributed by atoms with Crippen LogP contribution in [0.3, 0.4) is 0 Å². The van der Waals surface area contributed by atoms with Crippen molar-refractivity contribution < 1.29 is 49.0 Å². The molecule has 0 radical (unpaired) electrons. The van der Waals surface area contributed by atoms with Crippen molar-refractivity contribution in [3.05, 3.63) is 48.6 Å². The van der Waals surface area contributed by atoms with Crippen LogP contribution < -0.4 is 0 Å². The molecule has 0 aliphatic carbocycles. The van der Waals surface area contributed by atoms with E-state index in [1.54, 1.807) is 0 Å². The Morgan fingerprint density at radius 3 is 1.71 bits per heavy atom. The van der Waals surface area contributed by atoms with Crippen LogP contribution in [0.5, 0.6) is 0 Å². The van der Waals surface area contributed by atoms with Crippen LogP contribution in [0.15, 0.2) is 48.6 Å². The fourth-order valence-corrected chi connectivity index (χ4v) is 5.77. The zero-order valence-electron chi connectivity index (χ0n) is 32.3. The highest BCUT2D eigenvalue weighted by molar-refractivity contribution is 5.70. The van der Waals surface area contributed by atoms with Gasteiger partial charge in [-0.05, 0) is 51.4 Å². The Kier molecular flexibility index (Phi) is 30.5. The first kappa shape index (κ1) is 47.7. The van der Waals surface area contributed by atoms with Crippen LogP contribution in [-0.4, -0.2) is 89.0 Å². The summed E-state index contributed by atoms with van der Waals surface area (Å²) in [4.78, 5) is 25.2. The maximum Gasteiger partial charge on any atom is 0.306 e. The van der Waals surface area contributed by atoms with Gasteiger partial charge >= 0.3 is 11.9 Å². The predicted molar refractivity (Wildman–Crippen MR) is 205 cm³/mol. The minimum atomic E-state index is -1.60. The van der Waals surface area contributed by atoms with Gasteiger partial charge in [0.1, 0.15) is 31.0 Å². The Morgan fingerprint density at radius 2 is 1.13 bits per heavy atom. The van der Waals surface area contributed by atoms with Gasteiger partial charge in [0.15, 0.2) is 12.4 Å². The highest BCUT2D eigenvalue weighted by atomic mass is 16.7. The summed E-state index contributed by atoms with van der Waals surface area (Å²) in [7, 11) is 0. The molecule has 6 atom stereocenters. The van der Waals surface area contributed by atoms with Crippen molar-refractivity contribution in [3.8, 4) is 0 Å². The number of aliphatic hydroxyl groups is 4. The molecule has 10 heteroatoms. The average Bonchev–Trinajstić information content (AvgIpc) is 3.14. The molecule has 4 N–H and O–H groups in total. The Labute approximate surface area is 314 Å². The van der Waals surface area contributed by atoms with E-state index >= 15 is 0 Å². The molecule has 0 bridgehead atoms. The minimum absolute atomic E-state index is 0.177. The molecule has 10 nitrogen and oxygen atoms in total. The number of esters is 2. The first-order chi connectivity index (χ1) is 25.3. The molecule has 0 aromatic heterocycles. The number of unbranched alkanes of at least 4 members (excludes halogenated alkanes) is 13. The molecule has 2 unspecified atom stereocenters. The number of hydrogen-bond acceptors (Lipinski definition) is 10. The fraction of sp³-hybridized carbons (Fsp3) is 0.762. The van der Waals surface area contributed by atoms with E-state index in [9.17, 15) is 30.0 Å². The summed E-state index contributed by atoms with van der Waals surface area (Å²) in [6.07, 6.45) is 29.8. The van der Waals surface area contributed by atoms with Gasteiger partial charge in [-0.1, -0.05) is 133 Å². The van der Waals surface area contributed by atoms with Crippen molar-refractivity contribution in [2.45, 2.75) is 185 Å². The van der Waals surface area contributed by atoms with Crippen molar-refractivity contribution in [1.29, 1.82) is 0 Å². The molecule has 0 saturated carbocycles. The van der Waals surface area contributed by atoms with Crippen LogP contribution in [-0.2, 0) is 28.5 Å². The molecule has 1 saturated heterocycles. The maximum absolute atomic E-state index is 12.7. The molecule has 52 heavy (non-hydrogen) atoms. The van der Waals surface area contributed by atoms with E-state index in [1.807, 2.05) is 0 Å². The third-order valence-corrected chi connectivity index (χ3v) is 8.98. The van der Waals surface area contributed by atoms with Crippen molar-refractivity contribution >= 4 is 11.9 Å². The van der Waals surface area contributed by atoms with Crippen LogP contribution in [0.2, 0.25) is 0 Å². The van der Waals surface area contributed by atoms with Crippen LogP contribution in [0.25, 0.3) is 0 Å². The first-order valence-corrected chi connectivity index (χ1v) is 20.2. The SMILES string of the molecule is CC/C=C/C/C=C/C/C=C/C/C=C/CCCCC(=O)O[C@H](COC(=O)CCCCCCCCCCCCCC)CO[C@@H]1O[C@H](CO)[C@H](O)C(O)C1O. The predicted octanol–water partition coefficient (Wildman–Crippen LogP) is 7.71. The lowest BCUT2D eigenvalue weighted by atomic mass is 9.99. The van der Waals surface area contributed by atoms with Crippen molar-refractivity contribution in [2.75, 3.05) is 19.8 Å². The van der Waals surface area contributed by atoms with E-state index in [-0.39, 0.29) is 32.0 Å². The lowest BCUT2D eigenvalue weighted by Crippen LogP contribution is -2.59. The summed E-state index contributed by atoms with van der Waals surface area (Å²) in [5, 5.41) is 39.9. The standard InChI is InChI=1S/C42H72O10/c1-3-5-7-9-11-13-15-17-18-19-21-23-25-27-29-31-38(45)51-35(34-50-42-41(48)40(47)39(46)36(32-43)52-42)33-49-37(44)30-28-26-24-22-20-16-14-12-10-8-6-4-2/h5,7,11,13,17-18,21,23,35-36,39-43,46-48H,3-4,6,8-10,12,14-16,19-20,22,24-34H2,1-2H3/b7-5+,13-11+,18-17+,23-21+/t35-,36-,39+,40?,41?,42-/m1/s1. The third kappa shape index (κ3) is 24.8. The van der Waals surface area contributed by atoms with Gasteiger partial charge in [0.2, 0.25) is 0 Å². The second-order valence-corrected chi connectivity index (χ2v) is 13.7. The summed E-state index contributed by atoms with van der Waals surface area (Å²) >= 11 is 0. The number of ether oxygens (including phenoxy) is 4. The zero-order chi connectivity index (χ0) is 38.1. The second kappa shape index (κ2) is 33.2. The molecule has 0 aromatic rings. The normalized spacial score (nSPS) is 21.5. The van der Waals surface area contributed by atoms with Gasteiger partial charge in [-0.3, -0.25) is 9.59 Å². The molecule has 0 spiro atoms. The summed E-state index contributed by atoms with van der Waals surface area (Å²) in [6, 6.07) is 0. The molecule has 1 rings (SSSR count). The van der Waals surface area contributed by atoms with E-state index < -0.39 is 49.4 Å². The number of rotatable bonds is 32. The largest absolute Gasteiger partial charge is 0.462 e. The van der Waals surface area contributed by atoms with Gasteiger partial charge in [-0.15, -0.1) is 0 Å². The molecule has 1 aliphatic heterocycles. The van der Waals surface area contributed by atoms with E-state index in [0.29, 0.717) is 6.42 Å². The third-order valence-electron chi connectivity index (χ3n) is 8.98. The summed E-state index contributed by atoms with van der Waals surface area (Å²) in [5.74, 6) is -0.858. The number of hydrogen-bond donors (Lipinski definition) is 4. The van der Waals surface area contributed by atoms with E-state index in [4.69, 9.17) is 18.9 Å². The van der Waals surface area contributed by atoms with E-state index in [1.165, 1.54) is 57.8 Å². The van der Waals surface area contributed by atoms with Crippen LogP contribution in [0.4, 0.5) is 0 Å². The van der Waals surface area contributed by atoms with Crippen LogP contribution in [0.1, 0.15) is 149 Å². The highest BCUT2D eigenvalue weighted by Crippen LogP contribution is 2.22. The van der Waals surface area contributed by atoms with Crippen molar-refractivity contribution in [1.82, 2.24) is 0 Å². The van der Waals surface area contributed by atoms with Gasteiger partial charge in [0.25, 0.3) is 0 Å². The molecule has 1 heterocycles. The minimum Gasteiger partial charge on any atom is -0.462 e. The Bertz CT molecular complexity index is 991. The zero-order valence-corrected chi connectivity index (χ0v) is 32.3. The Morgan fingerprint density at radius 1 is 0.615 bits per heavy atom. The highest BCUT2D eigenvalue weighted by Gasteiger charge is 2.44. The number of allylic oxidation sites excluding steroid dienone is 8. The first-order valence-electron chi connectivity index (χ1n) is 20.2. The fourth-order valence-electron chi connectivity index (χ4n) is 5.77. The second-order valence-electron chi connectivity index (χ2n) is 13.7. The van der Waals surface area contributed by atoms with Crippen molar-refractivity contribution in [3.63, 3.8) is 0 Å². The van der Waals surface area contributed by atoms with E-state index in [2.05, 4.69) is 62.5 Å². The quantitative estimate of drug-likeness (QED) is 0.0307. The molecule has 300 valence electrons. The summed E-state index contributed by atoms with van der Waals surface area (Å²) in [5.41, 5.74) is 0. The number of carbonyl (C=O) groups excluding carboxylic acids is 2. The van der Waals surface area contributed by atoms with E-state index in [0.717, 1.165) is 57.8 Å². The topological polar surface area (TPSA) is 152 Å². The lowest BCUT2D eigenvalue weighted by molar-refractivity contribution is -0.305. The van der Waals surface area contributed by atoms with Gasteiger partial charge in [0.05, 0.1) is 13.2 Å². The summed E-state index contributed by atoms with van der Waals surface area (Å²) in [6.45, 7) is 3.24. The number of aliphatic hydroxyl groups excluding tert-OH is 4. The van der Waals surface area contributed by atoms with Gasteiger partial charge in [0, 0.05) is 12.8 Å². The maximum atomic E-state index is 12.7. The van der Waals surface area contributed by atoms with Gasteiger partial charge in [-0.2, -0.15) is 0 Å². The van der Waals surface area contributed by atoms with Crippen molar-refractivity contribution in [2.24, 2.45) is 0 Å². The summed E-state index contributed by atoms with van der Waals surface area (Å²) < 4.78 is 22.0. The molecule has 1 fully saturated rings. The lowest BCUT2D eigenvalue weighted by Gasteiger charge is -2.39. The van der Waals surface area contributed by atoms with Crippen LogP contribution >= 0.6 is 0 Å². The Hall–Kier alpha value is -2.34. The monoisotopic (exact) mass is 737 g/mol. The molecule has 0 aromatic carbocycles. The van der Waals surface area contributed by atoms with Gasteiger partial charge < -0.3 is 39.4 Å². The smallest absolute Gasteiger partial charge is 0.306 e. The Balaban J connectivity index is 2.42. The number of carbonyl (C=O) groups is 2. The van der Waals surface area contributed by atoms with Gasteiger partial charge in [-0.25, -0.2) is 0 Å². The molecular weight excluding hydrogens is 664 g/mol.